The molecule has 0 spiro atoms. The van der Waals surface area contributed by atoms with Gasteiger partial charge >= 0.3 is 5.76 Å². The first-order valence-electron chi connectivity index (χ1n) is 4.90. The molecule has 3 rings (SSSR count). The molecule has 4 nitrogen and oxygen atoms in total. The van der Waals surface area contributed by atoms with E-state index in [1.807, 2.05) is 17.5 Å². The van der Waals surface area contributed by atoms with Gasteiger partial charge in [0, 0.05) is 10.9 Å². The van der Waals surface area contributed by atoms with Crippen molar-refractivity contribution in [1.29, 1.82) is 0 Å². The Bertz CT molecular complexity index is 728. The van der Waals surface area contributed by atoms with Crippen LogP contribution in [0.2, 0.25) is 0 Å². The van der Waals surface area contributed by atoms with Crippen LogP contribution in [-0.4, -0.2) is 9.97 Å². The fourth-order valence-corrected chi connectivity index (χ4v) is 2.63. The second kappa shape index (κ2) is 4.01. The van der Waals surface area contributed by atoms with Crippen LogP contribution in [0, 0.1) is 0 Å². The van der Waals surface area contributed by atoms with Gasteiger partial charge in [0.15, 0.2) is 5.58 Å². The van der Waals surface area contributed by atoms with Gasteiger partial charge in [0.1, 0.15) is 5.01 Å². The summed E-state index contributed by atoms with van der Waals surface area (Å²) in [6, 6.07) is 5.47. The van der Waals surface area contributed by atoms with Crippen molar-refractivity contribution in [3.05, 3.63) is 39.8 Å². The molecule has 0 saturated heterocycles. The highest BCUT2D eigenvalue weighted by atomic mass is 35.5. The number of thiazole rings is 1. The number of alkyl halides is 1. The molecule has 86 valence electrons. The fourth-order valence-electron chi connectivity index (χ4n) is 1.59. The van der Waals surface area contributed by atoms with Crippen molar-refractivity contribution in [1.82, 2.24) is 9.97 Å². The van der Waals surface area contributed by atoms with E-state index < -0.39 is 5.76 Å². The van der Waals surface area contributed by atoms with Crippen molar-refractivity contribution >= 4 is 34.0 Å². The number of nitrogens with one attached hydrogen (secondary N) is 1. The minimum atomic E-state index is -0.447. The normalized spacial score (nSPS) is 11.1. The van der Waals surface area contributed by atoms with Crippen molar-refractivity contribution in [3.8, 4) is 10.6 Å². The first-order chi connectivity index (χ1) is 8.26. The highest BCUT2D eigenvalue weighted by Gasteiger charge is 2.07. The van der Waals surface area contributed by atoms with Crippen LogP contribution >= 0.6 is 22.9 Å². The minimum absolute atomic E-state index is 0.404. The molecule has 6 heteroatoms. The average Bonchev–Trinajstić information content (AvgIpc) is 2.92. The Kier molecular flexibility index (Phi) is 2.49. The lowest BCUT2D eigenvalue weighted by Crippen LogP contribution is -1.92. The molecule has 0 amide bonds. The number of hydrogen-bond donors (Lipinski definition) is 1. The number of rotatable bonds is 2. The second-order valence-corrected chi connectivity index (χ2v) is 4.63. The van der Waals surface area contributed by atoms with Crippen LogP contribution in [-0.2, 0) is 5.88 Å². The quantitative estimate of drug-likeness (QED) is 0.726. The molecule has 0 atom stereocenters. The Labute approximate surface area is 105 Å². The van der Waals surface area contributed by atoms with Gasteiger partial charge in [-0.1, -0.05) is 0 Å². The van der Waals surface area contributed by atoms with E-state index in [0.29, 0.717) is 17.0 Å². The molecule has 0 unspecified atom stereocenters. The van der Waals surface area contributed by atoms with Crippen molar-refractivity contribution in [2.45, 2.75) is 5.88 Å². The molecule has 0 fully saturated rings. The zero-order chi connectivity index (χ0) is 11.8. The summed E-state index contributed by atoms with van der Waals surface area (Å²) in [4.78, 5) is 18.0. The molecule has 1 N–H and O–H groups in total. The standard InChI is InChI=1S/C11H7ClN2O2S/c12-4-7-5-17-10(13-7)6-1-2-9-8(3-6)14-11(15)16-9/h1-3,5H,4H2,(H,14,15). The third-order valence-corrected chi connectivity index (χ3v) is 3.57. The Morgan fingerprint density at radius 1 is 1.47 bits per heavy atom. The van der Waals surface area contributed by atoms with E-state index in [1.54, 1.807) is 6.07 Å². The molecule has 0 saturated carbocycles. The zero-order valence-electron chi connectivity index (χ0n) is 8.57. The number of H-pyrrole nitrogens is 1. The van der Waals surface area contributed by atoms with Crippen LogP contribution in [0.15, 0.2) is 32.8 Å². The van der Waals surface area contributed by atoms with E-state index in [9.17, 15) is 4.79 Å². The smallest absolute Gasteiger partial charge is 0.408 e. The zero-order valence-corrected chi connectivity index (χ0v) is 10.1. The molecule has 0 aliphatic heterocycles. The van der Waals surface area contributed by atoms with E-state index in [0.717, 1.165) is 16.3 Å². The molecule has 0 bridgehead atoms. The van der Waals surface area contributed by atoms with Gasteiger partial charge in [-0.15, -0.1) is 22.9 Å². The summed E-state index contributed by atoms with van der Waals surface area (Å²) in [7, 11) is 0. The van der Waals surface area contributed by atoms with E-state index in [4.69, 9.17) is 16.0 Å². The predicted molar refractivity (Wildman–Crippen MR) is 67.5 cm³/mol. The van der Waals surface area contributed by atoms with Crippen molar-refractivity contribution in [2.24, 2.45) is 0 Å². The number of fused-ring (bicyclic) bond motifs is 1. The summed E-state index contributed by atoms with van der Waals surface area (Å²) in [6.45, 7) is 0. The number of oxazole rings is 1. The molecule has 1 aromatic carbocycles. The third-order valence-electron chi connectivity index (χ3n) is 2.35. The van der Waals surface area contributed by atoms with E-state index >= 15 is 0 Å². The number of nitrogens with zero attached hydrogens (tertiary/aromatic N) is 1. The summed E-state index contributed by atoms with van der Waals surface area (Å²) < 4.78 is 4.94. The summed E-state index contributed by atoms with van der Waals surface area (Å²) in [5, 5.41) is 2.80. The molecular weight excluding hydrogens is 260 g/mol. The predicted octanol–water partition coefficient (Wildman–Crippen LogP) is 2.98. The van der Waals surface area contributed by atoms with Crippen LogP contribution in [0.1, 0.15) is 5.69 Å². The first kappa shape index (κ1) is 10.6. The SMILES string of the molecule is O=c1[nH]c2cc(-c3nc(CCl)cs3)ccc2o1. The molecule has 17 heavy (non-hydrogen) atoms. The maximum Gasteiger partial charge on any atom is 0.417 e. The van der Waals surface area contributed by atoms with Gasteiger partial charge < -0.3 is 4.42 Å². The van der Waals surface area contributed by atoms with Gasteiger partial charge in [0.05, 0.1) is 17.1 Å². The largest absolute Gasteiger partial charge is 0.417 e. The topological polar surface area (TPSA) is 58.9 Å². The van der Waals surface area contributed by atoms with Gasteiger partial charge in [0.2, 0.25) is 0 Å². The number of aromatic amines is 1. The van der Waals surface area contributed by atoms with Crippen LogP contribution in [0.4, 0.5) is 0 Å². The molecule has 0 aliphatic carbocycles. The van der Waals surface area contributed by atoms with Gasteiger partial charge in [-0.05, 0) is 18.2 Å². The molecule has 2 heterocycles. The van der Waals surface area contributed by atoms with E-state index in [1.165, 1.54) is 11.3 Å². The summed E-state index contributed by atoms with van der Waals surface area (Å²) in [5.41, 5.74) is 3.02. The summed E-state index contributed by atoms with van der Waals surface area (Å²) in [5.74, 6) is -0.0425. The maximum atomic E-state index is 11.0. The van der Waals surface area contributed by atoms with E-state index in [-0.39, 0.29) is 0 Å². The summed E-state index contributed by atoms with van der Waals surface area (Å²) >= 11 is 7.23. The Balaban J connectivity index is 2.13. The molecular formula is C11H7ClN2O2S. The average molecular weight is 267 g/mol. The fraction of sp³-hybridized carbons (Fsp3) is 0.0909. The number of aromatic nitrogens is 2. The van der Waals surface area contributed by atoms with Crippen LogP contribution in [0.3, 0.4) is 0 Å². The maximum absolute atomic E-state index is 11.0. The van der Waals surface area contributed by atoms with Crippen LogP contribution in [0.5, 0.6) is 0 Å². The Morgan fingerprint density at radius 2 is 2.35 bits per heavy atom. The van der Waals surface area contributed by atoms with Crippen molar-refractivity contribution in [2.75, 3.05) is 0 Å². The van der Waals surface area contributed by atoms with Gasteiger partial charge in [-0.2, -0.15) is 0 Å². The van der Waals surface area contributed by atoms with E-state index in [2.05, 4.69) is 9.97 Å². The Morgan fingerprint density at radius 3 is 3.12 bits per heavy atom. The third kappa shape index (κ3) is 1.87. The number of halogens is 1. The molecule has 3 aromatic rings. The second-order valence-electron chi connectivity index (χ2n) is 3.50. The molecule has 2 aromatic heterocycles. The first-order valence-corrected chi connectivity index (χ1v) is 6.31. The van der Waals surface area contributed by atoms with Gasteiger partial charge in [0.25, 0.3) is 0 Å². The lowest BCUT2D eigenvalue weighted by atomic mass is 10.2. The van der Waals surface area contributed by atoms with Crippen molar-refractivity contribution < 1.29 is 4.42 Å². The Hall–Kier alpha value is -1.59. The monoisotopic (exact) mass is 266 g/mol. The highest BCUT2D eigenvalue weighted by molar-refractivity contribution is 7.13. The molecule has 0 radical (unpaired) electrons. The van der Waals surface area contributed by atoms with Gasteiger partial charge in [-0.25, -0.2) is 9.78 Å². The van der Waals surface area contributed by atoms with Crippen LogP contribution < -0.4 is 5.76 Å². The van der Waals surface area contributed by atoms with Crippen LogP contribution in [0.25, 0.3) is 21.7 Å². The minimum Gasteiger partial charge on any atom is -0.408 e. The summed E-state index contributed by atoms with van der Waals surface area (Å²) in [6.07, 6.45) is 0. The highest BCUT2D eigenvalue weighted by Crippen LogP contribution is 2.26. The number of hydrogen-bond acceptors (Lipinski definition) is 4. The molecule has 0 aliphatic rings. The number of benzene rings is 1. The van der Waals surface area contributed by atoms with Gasteiger partial charge in [-0.3, -0.25) is 4.98 Å². The lowest BCUT2D eigenvalue weighted by molar-refractivity contribution is 0.555. The lowest BCUT2D eigenvalue weighted by Gasteiger charge is -1.95. The van der Waals surface area contributed by atoms with Crippen molar-refractivity contribution in [3.63, 3.8) is 0 Å².